The number of rotatable bonds is 26. The van der Waals surface area contributed by atoms with Crippen molar-refractivity contribution in [2.24, 2.45) is 0 Å². The van der Waals surface area contributed by atoms with Gasteiger partial charge in [0.05, 0.1) is 92.0 Å². The number of amides is 4. The predicted octanol–water partition coefficient (Wildman–Crippen LogP) is 15.5. The van der Waals surface area contributed by atoms with E-state index in [4.69, 9.17) is 74.2 Å². The maximum Gasteiger partial charge on any atom is 0.415 e. The molecule has 0 fully saturated rings. The summed E-state index contributed by atoms with van der Waals surface area (Å²) in [5, 5.41) is 52.0. The van der Waals surface area contributed by atoms with Gasteiger partial charge in [-0.05, 0) is 171 Å². The Labute approximate surface area is 863 Å². The normalized spacial score (nSPS) is 11.0. The summed E-state index contributed by atoms with van der Waals surface area (Å²) >= 11 is 6.03. The minimum atomic E-state index is -1.19. The molecule has 8 N–H and O–H groups in total. The average Bonchev–Trinajstić information content (AvgIpc) is 1.62. The number of pyridine rings is 5. The second kappa shape index (κ2) is 49.9. The van der Waals surface area contributed by atoms with E-state index >= 15 is 0 Å². The highest BCUT2D eigenvalue weighted by molar-refractivity contribution is 6.30. The van der Waals surface area contributed by atoms with Crippen molar-refractivity contribution >= 4 is 169 Å². The number of nitrogens with two attached hydrogens (primary N) is 1. The van der Waals surface area contributed by atoms with Gasteiger partial charge in [-0.15, -0.1) is 0 Å². The quantitative estimate of drug-likeness (QED) is 0.0150. The zero-order valence-corrected chi connectivity index (χ0v) is 87.7. The summed E-state index contributed by atoms with van der Waals surface area (Å²) < 4.78 is 69.6. The number of carbonyl (C=O) groups is 9. The number of esters is 3. The zero-order chi connectivity index (χ0) is 110. The number of carboxylic acids is 2. The first-order chi connectivity index (χ1) is 71.0. The molecule has 0 radical (unpaired) electrons. The molecule has 0 saturated carbocycles. The van der Waals surface area contributed by atoms with Crippen LogP contribution in [0.3, 0.4) is 0 Å². The molecule has 150 heavy (non-hydrogen) atoms. The van der Waals surface area contributed by atoms with E-state index in [0.29, 0.717) is 105 Å². The first-order valence-corrected chi connectivity index (χ1v) is 46.1. The molecule has 0 bridgehead atoms. The Kier molecular flexibility index (Phi) is 37.8. The maximum absolute atomic E-state index is 12.7. The van der Waals surface area contributed by atoms with Crippen LogP contribution in [0.2, 0.25) is 5.15 Å². The molecule has 15 aromatic heterocycles. The summed E-state index contributed by atoms with van der Waals surface area (Å²) in [6.07, 6.45) is 12.8. The van der Waals surface area contributed by atoms with Crippen LogP contribution in [0.1, 0.15) is 168 Å². The lowest BCUT2D eigenvalue weighted by Gasteiger charge is -2.25. The largest absolute Gasteiger partial charge is 0.480 e. The summed E-state index contributed by atoms with van der Waals surface area (Å²) in [6, 6.07) is 25.5. The molecule has 0 aliphatic carbocycles. The van der Waals surface area contributed by atoms with Crippen LogP contribution in [0.5, 0.6) is 29.4 Å². The second-order valence-electron chi connectivity index (χ2n) is 35.2. The molecular weight excluding hydrogens is 1970 g/mol. The number of nitrogen functional groups attached to an aromatic ring is 1. The Hall–Kier alpha value is -18.4. The van der Waals surface area contributed by atoms with Crippen molar-refractivity contribution < 1.29 is 110 Å². The van der Waals surface area contributed by atoms with E-state index in [1.165, 1.54) is 122 Å². The third-order valence-electron chi connectivity index (χ3n) is 19.6. The van der Waals surface area contributed by atoms with Crippen LogP contribution in [-0.2, 0) is 39.6 Å². The van der Waals surface area contributed by atoms with E-state index in [0.717, 1.165) is 5.69 Å². The average molecular weight is 2090 g/mol. The molecule has 0 spiro atoms. The van der Waals surface area contributed by atoms with Crippen LogP contribution in [0.25, 0.3) is 28.2 Å². The highest BCUT2D eigenvalue weighted by Gasteiger charge is 2.33. The molecule has 0 unspecified atom stereocenters. The number of anilines is 13. The molecule has 15 rings (SSSR count). The number of aryl methyl sites for hydroxylation is 1. The fourth-order valence-corrected chi connectivity index (χ4v) is 13.2. The third-order valence-corrected chi connectivity index (χ3v) is 19.8. The summed E-state index contributed by atoms with van der Waals surface area (Å²) in [4.78, 5) is 157. The first-order valence-electron chi connectivity index (χ1n) is 45.7. The van der Waals surface area contributed by atoms with Crippen molar-refractivity contribution in [1.82, 2.24) is 97.9 Å². The van der Waals surface area contributed by atoms with Gasteiger partial charge in [-0.25, -0.2) is 97.5 Å². The maximum atomic E-state index is 12.7. The molecule has 15 aromatic rings. The minimum absolute atomic E-state index is 0.0563. The number of fused-ring (bicyclic) bond motifs is 5. The van der Waals surface area contributed by atoms with Crippen LogP contribution in [0, 0.1) is 0 Å². The van der Waals surface area contributed by atoms with Crippen LogP contribution < -0.4 is 70.3 Å². The number of hydrogen-bond acceptors (Lipinski definition) is 41. The smallest absolute Gasteiger partial charge is 0.415 e. The second-order valence-corrected chi connectivity index (χ2v) is 35.5. The lowest BCUT2D eigenvalue weighted by molar-refractivity contribution is 0.0518. The van der Waals surface area contributed by atoms with Gasteiger partial charge in [-0.1, -0.05) is 18.5 Å². The van der Waals surface area contributed by atoms with Gasteiger partial charge in [0.2, 0.25) is 29.4 Å². The number of halogens is 1. The molecule has 53 heteroatoms. The number of aromatic nitrogens is 20. The van der Waals surface area contributed by atoms with Gasteiger partial charge in [0.15, 0.2) is 28.2 Å². The molecule has 794 valence electrons. The Morgan fingerprint density at radius 3 is 0.840 bits per heavy atom. The van der Waals surface area contributed by atoms with Crippen LogP contribution >= 0.6 is 11.6 Å². The Balaban J connectivity index is 0.000000188. The predicted molar refractivity (Wildman–Crippen MR) is 551 cm³/mol. The molecule has 52 nitrogen and oxygen atoms in total. The molecule has 0 aliphatic heterocycles. The molecule has 0 atom stereocenters. The lowest BCUT2D eigenvalue weighted by atomic mass is 10.2. The summed E-state index contributed by atoms with van der Waals surface area (Å²) in [6.45, 7) is 28.9. The topological polar surface area (TPSA) is 607 Å². The van der Waals surface area contributed by atoms with Crippen molar-refractivity contribution in [3.8, 4) is 29.4 Å². The highest BCUT2D eigenvalue weighted by Crippen LogP contribution is 2.36. The number of carbonyl (C=O) groups excluding carboxylic acids is 7. The number of nitrogens with one attached hydrogen (secondary N) is 4. The van der Waals surface area contributed by atoms with Gasteiger partial charge in [-0.3, -0.25) is 19.6 Å². The number of hydrogen-bond donors (Lipinski definition) is 7. The van der Waals surface area contributed by atoms with E-state index in [1.807, 2.05) is 13.0 Å². The summed E-state index contributed by atoms with van der Waals surface area (Å²) in [5.41, 5.74) is 7.76. The van der Waals surface area contributed by atoms with Crippen molar-refractivity contribution in [3.05, 3.63) is 192 Å². The Morgan fingerprint density at radius 2 is 0.587 bits per heavy atom. The number of aromatic carboxylic acids is 2. The van der Waals surface area contributed by atoms with Crippen molar-refractivity contribution in [3.63, 3.8) is 0 Å². The first kappa shape index (κ1) is 114. The minimum Gasteiger partial charge on any atom is -0.480 e. The third kappa shape index (κ3) is 29.3. The molecule has 4 amide bonds. The lowest BCUT2D eigenvalue weighted by Crippen LogP contribution is -2.35. The summed E-state index contributed by atoms with van der Waals surface area (Å²) in [5.74, 6) is 0.645. The van der Waals surface area contributed by atoms with Crippen LogP contribution in [-0.4, -0.2) is 268 Å². The van der Waals surface area contributed by atoms with Crippen LogP contribution in [0.15, 0.2) is 153 Å². The standard InChI is InChI=1S/2C21H26N6O5.C19H22N6O5.C15H19ClN4O4.C15H15N5O3.C6H8N2O/c2*1-7-31-19(28)13-12-23-27-16(26(5)20(29)32-21(2,3)4)11-15(25-17(13)27)24-14-9-8-10-22-18(14)30-6;1-19(2,3)30-18(28)24(4)14-9-13(22-12-7-6-8-20-16(12)29-5)23-15-11(17(26)27)10-21-25(14)15;1-6-23-13(21)9-8-17-20-11(7-10(16)18-12(9)20)19(5)14(22)24-15(2,3)4;1-3-9-7-12(18-11-5-4-6-16-14(11)23-2)19-13-10(15(21)22)8-17-20(9)13;1-9-6-5(7)3-2-4-8-6/h2*8-12H,7H2,1-6H3,(H,24,25);6-10H,1-5H3,(H,22,23)(H,26,27);7-8H,6H2,1-5H3;4-8H,3H2,1-2H3,(H,18,19)(H,21,22);2-4H,7H2,1H3. The van der Waals surface area contributed by atoms with E-state index in [9.17, 15) is 53.4 Å². The number of nitrogens with zero attached hydrogens (tertiary/aromatic N) is 24. The van der Waals surface area contributed by atoms with E-state index in [2.05, 4.69) is 96.6 Å². The van der Waals surface area contributed by atoms with Gasteiger partial charge in [-0.2, -0.15) is 43.6 Å². The van der Waals surface area contributed by atoms with Gasteiger partial charge in [0, 0.05) is 95.2 Å². The monoisotopic (exact) mass is 2090 g/mol. The molecule has 15 heterocycles. The molecular formula is C97H116ClN29O23. The van der Waals surface area contributed by atoms with Crippen molar-refractivity contribution in [2.75, 3.05) is 130 Å². The van der Waals surface area contributed by atoms with Gasteiger partial charge < -0.3 is 94.1 Å². The van der Waals surface area contributed by atoms with E-state index in [-0.39, 0.29) is 87.0 Å². The van der Waals surface area contributed by atoms with Crippen molar-refractivity contribution in [2.45, 2.75) is 140 Å². The van der Waals surface area contributed by atoms with Gasteiger partial charge in [0.25, 0.3) is 0 Å². The highest BCUT2D eigenvalue weighted by atomic mass is 35.5. The molecule has 0 saturated heterocycles. The van der Waals surface area contributed by atoms with E-state index in [1.54, 1.807) is 235 Å². The number of ether oxygens (including phenoxy) is 12. The van der Waals surface area contributed by atoms with Crippen LogP contribution in [0.4, 0.5) is 94.2 Å². The Bertz CT molecular complexity index is 7190. The fraction of sp³-hybridized carbons (Fsp3) is 0.340. The number of carboxylic acid groups (broad SMARTS) is 2. The SMILES string of the molecule is CCOC(=O)c1cnn2c(N(C)C(=O)OC(C)(C)C)cc(Cl)nc12.CCOC(=O)c1cnn2c(N(C)C(=O)OC(C)(C)C)cc(Nc3cccnc3OC)nc12.CCOC(=O)c1cnn2c(N(C)C(=O)OC(C)(C)C)cc(Nc3cccnc3OC)nc12.CCc1cc(Nc2cccnc2OC)nc2c(C(=O)O)cnn12.COc1ncccc1N.COc1ncccc1Nc1cc(N(C)C(=O)OC(C)(C)C)n2ncc(C(=O)O)c2n1. The molecule has 0 aromatic carbocycles. The number of methoxy groups -OCH3 is 5. The fourth-order valence-electron chi connectivity index (χ4n) is 13.0. The van der Waals surface area contributed by atoms with Gasteiger partial charge >= 0.3 is 54.2 Å². The van der Waals surface area contributed by atoms with E-state index < -0.39 is 76.6 Å². The summed E-state index contributed by atoms with van der Waals surface area (Å²) in [7, 11) is 13.7. The zero-order valence-electron chi connectivity index (χ0n) is 86.9. The van der Waals surface area contributed by atoms with Gasteiger partial charge in [0.1, 0.15) is 125 Å². The van der Waals surface area contributed by atoms with Crippen molar-refractivity contribution in [1.29, 1.82) is 0 Å². The Morgan fingerprint density at radius 1 is 0.347 bits per heavy atom. The molecule has 0 aliphatic rings.